The lowest BCUT2D eigenvalue weighted by Crippen LogP contribution is -2.33. The molecule has 0 aliphatic carbocycles. The lowest BCUT2D eigenvalue weighted by molar-refractivity contribution is -0.384. The van der Waals surface area contributed by atoms with E-state index >= 15 is 0 Å². The number of nitro benzene ring substituents is 1. The number of hydrogen-bond donors (Lipinski definition) is 1. The molecule has 2 aromatic carbocycles. The number of para-hydroxylation sites is 1. The molecule has 0 unspecified atom stereocenters. The van der Waals surface area contributed by atoms with Crippen molar-refractivity contribution in [1.29, 1.82) is 0 Å². The maximum absolute atomic E-state index is 11.4. The fraction of sp³-hybridized carbons (Fsp3) is 0.316. The zero-order chi connectivity index (χ0) is 17.8. The lowest BCUT2D eigenvalue weighted by atomic mass is 10.0. The number of benzene rings is 2. The Balaban J connectivity index is 1.69. The predicted molar refractivity (Wildman–Crippen MR) is 98.6 cm³/mol. The van der Waals surface area contributed by atoms with Gasteiger partial charge in [0.05, 0.1) is 4.92 Å². The summed E-state index contributed by atoms with van der Waals surface area (Å²) in [6.45, 7) is 3.75. The van der Waals surface area contributed by atoms with Gasteiger partial charge in [-0.15, -0.1) is 0 Å². The molecule has 6 nitrogen and oxygen atoms in total. The molecule has 1 N–H and O–H groups in total. The number of fused-ring (bicyclic) bond motifs is 1. The number of carbonyl (C=O) groups is 1. The van der Waals surface area contributed by atoms with Crippen molar-refractivity contribution in [3.05, 3.63) is 63.7 Å². The fourth-order valence-electron chi connectivity index (χ4n) is 3.22. The molecule has 0 atom stereocenters. The zero-order valence-corrected chi connectivity index (χ0v) is 14.2. The van der Waals surface area contributed by atoms with E-state index in [2.05, 4.69) is 28.4 Å². The van der Waals surface area contributed by atoms with Crippen LogP contribution in [0.4, 0.5) is 17.1 Å². The van der Waals surface area contributed by atoms with Gasteiger partial charge in [0.15, 0.2) is 5.78 Å². The third kappa shape index (κ3) is 3.79. The van der Waals surface area contributed by atoms with Gasteiger partial charge in [-0.2, -0.15) is 0 Å². The summed E-state index contributed by atoms with van der Waals surface area (Å²) < 4.78 is 0. The van der Waals surface area contributed by atoms with E-state index in [0.29, 0.717) is 17.8 Å². The number of Topliss-reactive ketones (excluding diaryl/α,β-unsaturated/α-hetero) is 1. The first-order chi connectivity index (χ1) is 12.1. The quantitative estimate of drug-likeness (QED) is 0.494. The Hall–Kier alpha value is -2.89. The van der Waals surface area contributed by atoms with Crippen LogP contribution in [0.2, 0.25) is 0 Å². The van der Waals surface area contributed by atoms with Crippen LogP contribution in [0.25, 0.3) is 0 Å². The van der Waals surface area contributed by atoms with Crippen LogP contribution in [0.1, 0.15) is 29.3 Å². The maximum atomic E-state index is 11.4. The van der Waals surface area contributed by atoms with Gasteiger partial charge < -0.3 is 10.2 Å². The van der Waals surface area contributed by atoms with Crippen LogP contribution in [0.5, 0.6) is 0 Å². The average molecular weight is 339 g/mol. The molecule has 0 saturated carbocycles. The summed E-state index contributed by atoms with van der Waals surface area (Å²) in [5.41, 5.74) is 3.33. The van der Waals surface area contributed by atoms with E-state index in [1.807, 2.05) is 6.07 Å². The second kappa shape index (κ2) is 7.34. The van der Waals surface area contributed by atoms with Crippen LogP contribution >= 0.6 is 0 Å². The molecule has 2 aromatic rings. The van der Waals surface area contributed by atoms with Crippen LogP contribution in [0, 0.1) is 10.1 Å². The fourth-order valence-corrected chi connectivity index (χ4v) is 3.22. The Morgan fingerprint density at radius 1 is 1.28 bits per heavy atom. The SMILES string of the molecule is CC(=O)c1ccc(NCCN2CCCc3ccccc32)c([N+](=O)[O-])c1. The zero-order valence-electron chi connectivity index (χ0n) is 14.2. The van der Waals surface area contributed by atoms with Crippen molar-refractivity contribution < 1.29 is 9.72 Å². The average Bonchev–Trinajstić information content (AvgIpc) is 2.61. The molecular weight excluding hydrogens is 318 g/mol. The number of nitrogens with one attached hydrogen (secondary N) is 1. The summed E-state index contributed by atoms with van der Waals surface area (Å²) in [6, 6.07) is 12.9. The molecular formula is C19H21N3O3. The second-order valence-corrected chi connectivity index (χ2v) is 6.19. The van der Waals surface area contributed by atoms with Gasteiger partial charge >= 0.3 is 0 Å². The minimum atomic E-state index is -0.453. The molecule has 0 saturated heterocycles. The predicted octanol–water partition coefficient (Wildman–Crippen LogP) is 3.66. The highest BCUT2D eigenvalue weighted by Gasteiger charge is 2.18. The molecule has 0 spiro atoms. The molecule has 1 heterocycles. The van der Waals surface area contributed by atoms with E-state index in [1.54, 1.807) is 12.1 Å². The third-order valence-electron chi connectivity index (χ3n) is 4.50. The number of rotatable bonds is 6. The summed E-state index contributed by atoms with van der Waals surface area (Å²) in [7, 11) is 0. The van der Waals surface area contributed by atoms with E-state index in [-0.39, 0.29) is 11.5 Å². The standard InChI is InChI=1S/C19H21N3O3/c1-14(23)16-8-9-17(19(13-16)22(24)25)20-10-12-21-11-4-6-15-5-2-3-7-18(15)21/h2-3,5,7-9,13,20H,4,6,10-12H2,1H3. The number of nitro groups is 1. The van der Waals surface area contributed by atoms with Crippen molar-refractivity contribution in [2.24, 2.45) is 0 Å². The normalized spacial score (nSPS) is 13.2. The van der Waals surface area contributed by atoms with E-state index < -0.39 is 4.92 Å². The van der Waals surface area contributed by atoms with Crippen molar-refractivity contribution >= 4 is 22.8 Å². The van der Waals surface area contributed by atoms with E-state index in [4.69, 9.17) is 0 Å². The highest BCUT2D eigenvalue weighted by molar-refractivity contribution is 5.95. The monoisotopic (exact) mass is 339 g/mol. The van der Waals surface area contributed by atoms with Gasteiger partial charge in [0.1, 0.15) is 5.69 Å². The molecule has 6 heteroatoms. The van der Waals surface area contributed by atoms with Gasteiger partial charge in [-0.1, -0.05) is 18.2 Å². The summed E-state index contributed by atoms with van der Waals surface area (Å²) in [6.07, 6.45) is 2.21. The number of carbonyl (C=O) groups excluding carboxylic acids is 1. The smallest absolute Gasteiger partial charge is 0.293 e. The molecule has 0 amide bonds. The van der Waals surface area contributed by atoms with Gasteiger partial charge in [-0.05, 0) is 43.5 Å². The van der Waals surface area contributed by atoms with Crippen LogP contribution < -0.4 is 10.2 Å². The van der Waals surface area contributed by atoms with Gasteiger partial charge in [-0.3, -0.25) is 14.9 Å². The molecule has 0 bridgehead atoms. The molecule has 1 aliphatic heterocycles. The highest BCUT2D eigenvalue weighted by atomic mass is 16.6. The molecule has 0 fully saturated rings. The molecule has 0 radical (unpaired) electrons. The van der Waals surface area contributed by atoms with E-state index in [1.165, 1.54) is 24.2 Å². The van der Waals surface area contributed by atoms with Crippen LogP contribution in [0.3, 0.4) is 0 Å². The third-order valence-corrected chi connectivity index (χ3v) is 4.50. The summed E-state index contributed by atoms with van der Waals surface area (Å²) in [5.74, 6) is -0.181. The highest BCUT2D eigenvalue weighted by Crippen LogP contribution is 2.28. The first-order valence-electron chi connectivity index (χ1n) is 8.42. The second-order valence-electron chi connectivity index (χ2n) is 6.19. The Labute approximate surface area is 146 Å². The topological polar surface area (TPSA) is 75.5 Å². The van der Waals surface area contributed by atoms with Gasteiger partial charge in [0.2, 0.25) is 0 Å². The summed E-state index contributed by atoms with van der Waals surface area (Å²) in [4.78, 5) is 24.5. The Morgan fingerprint density at radius 3 is 2.84 bits per heavy atom. The van der Waals surface area contributed by atoms with Crippen molar-refractivity contribution in [2.45, 2.75) is 19.8 Å². The Bertz CT molecular complexity index is 804. The van der Waals surface area contributed by atoms with E-state index in [0.717, 1.165) is 25.9 Å². The Kier molecular flexibility index (Phi) is 4.97. The number of aryl methyl sites for hydroxylation is 1. The van der Waals surface area contributed by atoms with Gasteiger partial charge in [0, 0.05) is 37.0 Å². The first-order valence-corrected chi connectivity index (χ1v) is 8.42. The summed E-state index contributed by atoms with van der Waals surface area (Å²) in [5, 5.41) is 14.4. The molecule has 0 aromatic heterocycles. The molecule has 25 heavy (non-hydrogen) atoms. The first kappa shape index (κ1) is 17.0. The number of ketones is 1. The van der Waals surface area contributed by atoms with Crippen LogP contribution in [-0.2, 0) is 6.42 Å². The summed E-state index contributed by atoms with van der Waals surface area (Å²) >= 11 is 0. The van der Waals surface area contributed by atoms with Crippen molar-refractivity contribution in [1.82, 2.24) is 0 Å². The number of nitrogens with zero attached hydrogens (tertiary/aromatic N) is 2. The number of anilines is 2. The van der Waals surface area contributed by atoms with Gasteiger partial charge in [-0.25, -0.2) is 0 Å². The van der Waals surface area contributed by atoms with Crippen molar-refractivity contribution in [2.75, 3.05) is 29.9 Å². The molecule has 1 aliphatic rings. The van der Waals surface area contributed by atoms with Crippen molar-refractivity contribution in [3.8, 4) is 0 Å². The maximum Gasteiger partial charge on any atom is 0.293 e. The van der Waals surface area contributed by atoms with E-state index in [9.17, 15) is 14.9 Å². The lowest BCUT2D eigenvalue weighted by Gasteiger charge is -2.31. The molecule has 130 valence electrons. The largest absolute Gasteiger partial charge is 0.378 e. The number of hydrogen-bond acceptors (Lipinski definition) is 5. The van der Waals surface area contributed by atoms with Gasteiger partial charge in [0.25, 0.3) is 5.69 Å². The van der Waals surface area contributed by atoms with Crippen LogP contribution in [-0.4, -0.2) is 30.3 Å². The minimum absolute atomic E-state index is 0.0632. The van der Waals surface area contributed by atoms with Crippen molar-refractivity contribution in [3.63, 3.8) is 0 Å². The van der Waals surface area contributed by atoms with Crippen LogP contribution in [0.15, 0.2) is 42.5 Å². The Morgan fingerprint density at radius 2 is 2.08 bits per heavy atom. The minimum Gasteiger partial charge on any atom is -0.378 e. The molecule has 3 rings (SSSR count).